The predicted octanol–water partition coefficient (Wildman–Crippen LogP) is 5.43. The molecule has 1 fully saturated rings. The van der Waals surface area contributed by atoms with E-state index in [4.69, 9.17) is 16.6 Å². The lowest BCUT2D eigenvalue weighted by Crippen LogP contribution is -2.09. The molecular formula is C19H19ClF2N4O. The van der Waals surface area contributed by atoms with Crippen LogP contribution in [-0.2, 0) is 6.42 Å². The lowest BCUT2D eigenvalue weighted by molar-refractivity contribution is -0.0498. The second-order valence-electron chi connectivity index (χ2n) is 6.60. The maximum Gasteiger partial charge on any atom is 0.387 e. The monoisotopic (exact) mass is 392 g/mol. The summed E-state index contributed by atoms with van der Waals surface area (Å²) >= 11 is 6.34. The highest BCUT2D eigenvalue weighted by Crippen LogP contribution is 2.37. The fraction of sp³-hybridized carbons (Fsp3) is 0.421. The van der Waals surface area contributed by atoms with Gasteiger partial charge in [-0.25, -0.2) is 15.0 Å². The first-order valence-corrected chi connectivity index (χ1v) is 9.42. The van der Waals surface area contributed by atoms with Crippen molar-refractivity contribution in [3.05, 3.63) is 35.4 Å². The van der Waals surface area contributed by atoms with E-state index in [1.807, 2.05) is 0 Å². The van der Waals surface area contributed by atoms with Gasteiger partial charge in [-0.05, 0) is 31.0 Å². The zero-order chi connectivity index (χ0) is 19.0. The van der Waals surface area contributed by atoms with Gasteiger partial charge in [-0.2, -0.15) is 8.78 Å². The Kier molecular flexibility index (Phi) is 4.95. The van der Waals surface area contributed by atoms with E-state index in [1.54, 1.807) is 6.07 Å². The Morgan fingerprint density at radius 2 is 2.04 bits per heavy atom. The number of hydrogen-bond acceptors (Lipinski definition) is 4. The summed E-state index contributed by atoms with van der Waals surface area (Å²) in [5, 5.41) is 0.279. The molecule has 2 aromatic heterocycles. The molecule has 3 aromatic rings. The lowest BCUT2D eigenvalue weighted by Gasteiger charge is -2.15. The largest absolute Gasteiger partial charge is 0.435 e. The highest BCUT2D eigenvalue weighted by Gasteiger charge is 2.25. The van der Waals surface area contributed by atoms with Gasteiger partial charge in [0.1, 0.15) is 29.1 Å². The summed E-state index contributed by atoms with van der Waals surface area (Å²) < 4.78 is 31.5. The van der Waals surface area contributed by atoms with Crippen LogP contribution in [0.15, 0.2) is 24.5 Å². The van der Waals surface area contributed by atoms with Gasteiger partial charge in [0, 0.05) is 18.0 Å². The van der Waals surface area contributed by atoms with E-state index < -0.39 is 6.61 Å². The summed E-state index contributed by atoms with van der Waals surface area (Å²) in [4.78, 5) is 13.7. The van der Waals surface area contributed by atoms with Crippen molar-refractivity contribution in [2.24, 2.45) is 0 Å². The molecule has 0 radical (unpaired) electrons. The van der Waals surface area contributed by atoms with Gasteiger partial charge in [-0.15, -0.1) is 0 Å². The number of fused-ring (bicyclic) bond motifs is 1. The number of ether oxygens (including phenoxy) is 1. The lowest BCUT2D eigenvalue weighted by atomic mass is 10.1. The van der Waals surface area contributed by atoms with Crippen molar-refractivity contribution in [2.75, 3.05) is 0 Å². The van der Waals surface area contributed by atoms with E-state index in [9.17, 15) is 8.78 Å². The van der Waals surface area contributed by atoms with Crippen LogP contribution < -0.4 is 4.74 Å². The molecule has 1 aromatic carbocycles. The Hall–Kier alpha value is -2.28. The summed E-state index contributed by atoms with van der Waals surface area (Å²) in [5.41, 5.74) is 2.70. The minimum absolute atomic E-state index is 0.00906. The van der Waals surface area contributed by atoms with E-state index >= 15 is 0 Å². The third kappa shape index (κ3) is 3.36. The molecule has 0 atom stereocenters. The molecule has 0 spiro atoms. The number of aryl methyl sites for hydroxylation is 1. The highest BCUT2D eigenvalue weighted by molar-refractivity contribution is 6.33. The van der Waals surface area contributed by atoms with Crippen LogP contribution in [0.1, 0.15) is 44.5 Å². The van der Waals surface area contributed by atoms with Crippen LogP contribution in [0, 0.1) is 0 Å². The fourth-order valence-corrected chi connectivity index (χ4v) is 4.07. The highest BCUT2D eigenvalue weighted by atomic mass is 35.5. The summed E-state index contributed by atoms with van der Waals surface area (Å²) in [7, 11) is 0. The molecule has 0 saturated heterocycles. The molecule has 142 valence electrons. The molecule has 1 aliphatic carbocycles. The van der Waals surface area contributed by atoms with E-state index in [0.29, 0.717) is 22.8 Å². The number of nitrogens with zero attached hydrogens (tertiary/aromatic N) is 4. The quantitative estimate of drug-likeness (QED) is 0.581. The minimum atomic E-state index is -2.90. The Morgan fingerprint density at radius 3 is 2.70 bits per heavy atom. The molecule has 8 heteroatoms. The van der Waals surface area contributed by atoms with Crippen LogP contribution in [0.5, 0.6) is 5.75 Å². The van der Waals surface area contributed by atoms with Crippen LogP contribution >= 0.6 is 11.6 Å². The van der Waals surface area contributed by atoms with Gasteiger partial charge in [-0.1, -0.05) is 31.4 Å². The number of aromatic nitrogens is 4. The zero-order valence-corrected chi connectivity index (χ0v) is 15.6. The Morgan fingerprint density at radius 1 is 1.26 bits per heavy atom. The fourth-order valence-electron chi connectivity index (χ4n) is 3.81. The molecule has 5 nitrogen and oxygen atoms in total. The zero-order valence-electron chi connectivity index (χ0n) is 14.8. The first-order valence-electron chi connectivity index (χ1n) is 9.05. The van der Waals surface area contributed by atoms with E-state index in [2.05, 4.69) is 26.2 Å². The van der Waals surface area contributed by atoms with Gasteiger partial charge in [-0.3, -0.25) is 0 Å². The molecule has 0 amide bonds. The molecule has 1 saturated carbocycles. The van der Waals surface area contributed by atoms with Crippen molar-refractivity contribution in [3.63, 3.8) is 0 Å². The Balaban J connectivity index is 1.83. The van der Waals surface area contributed by atoms with E-state index in [1.165, 1.54) is 31.3 Å². The third-order valence-corrected chi connectivity index (χ3v) is 5.29. The van der Waals surface area contributed by atoms with Crippen LogP contribution in [-0.4, -0.2) is 26.1 Å². The molecule has 4 rings (SSSR count). The van der Waals surface area contributed by atoms with Crippen molar-refractivity contribution in [2.45, 2.75) is 51.7 Å². The molecule has 0 bridgehead atoms. The topological polar surface area (TPSA) is 52.8 Å². The number of rotatable bonds is 5. The van der Waals surface area contributed by atoms with Crippen LogP contribution in [0.3, 0.4) is 0 Å². The average Bonchev–Trinajstić information content (AvgIpc) is 3.28. The standard InChI is InChI=1S/C19H19ClF2N4O/c1-2-15-25-17-16(13-8-7-12(9-14(13)20)27-19(21)22)23-10-24-18(17)26(15)11-5-3-4-6-11/h7-11,19H,2-6H2,1H3. The van der Waals surface area contributed by atoms with Crippen molar-refractivity contribution >= 4 is 22.8 Å². The van der Waals surface area contributed by atoms with Gasteiger partial charge in [0.05, 0.1) is 5.02 Å². The molecule has 2 heterocycles. The third-order valence-electron chi connectivity index (χ3n) is 4.98. The summed E-state index contributed by atoms with van der Waals surface area (Å²) in [6, 6.07) is 4.86. The number of halogens is 3. The maximum absolute atomic E-state index is 12.4. The van der Waals surface area contributed by atoms with Crippen molar-refractivity contribution in [1.82, 2.24) is 19.5 Å². The molecular weight excluding hydrogens is 374 g/mol. The smallest absolute Gasteiger partial charge is 0.387 e. The van der Waals surface area contributed by atoms with Crippen molar-refractivity contribution in [3.8, 4) is 17.0 Å². The minimum Gasteiger partial charge on any atom is -0.435 e. The SMILES string of the molecule is CCc1nc2c(-c3ccc(OC(F)F)cc3Cl)ncnc2n1C1CCCC1. The summed E-state index contributed by atoms with van der Waals surface area (Å²) in [6.07, 6.45) is 6.97. The van der Waals surface area contributed by atoms with Gasteiger partial charge >= 0.3 is 6.61 Å². The number of hydrogen-bond donors (Lipinski definition) is 0. The number of alkyl halides is 2. The summed E-state index contributed by atoms with van der Waals surface area (Å²) in [5.74, 6) is 0.988. The average molecular weight is 393 g/mol. The molecule has 0 N–H and O–H groups in total. The second kappa shape index (κ2) is 7.38. The van der Waals surface area contributed by atoms with Gasteiger partial charge in [0.25, 0.3) is 0 Å². The van der Waals surface area contributed by atoms with Crippen LogP contribution in [0.2, 0.25) is 5.02 Å². The van der Waals surface area contributed by atoms with Crippen molar-refractivity contribution in [1.29, 1.82) is 0 Å². The first kappa shape index (κ1) is 18.1. The molecule has 1 aliphatic rings. The normalized spacial score (nSPS) is 15.1. The van der Waals surface area contributed by atoms with Crippen LogP contribution in [0.4, 0.5) is 8.78 Å². The van der Waals surface area contributed by atoms with E-state index in [-0.39, 0.29) is 10.8 Å². The number of imidazole rings is 1. The second-order valence-corrected chi connectivity index (χ2v) is 7.01. The molecule has 27 heavy (non-hydrogen) atoms. The molecule has 0 unspecified atom stereocenters. The maximum atomic E-state index is 12.4. The first-order chi connectivity index (χ1) is 13.1. The Labute approximate surface area is 160 Å². The predicted molar refractivity (Wildman–Crippen MR) is 99.3 cm³/mol. The van der Waals surface area contributed by atoms with E-state index in [0.717, 1.165) is 30.7 Å². The van der Waals surface area contributed by atoms with Crippen LogP contribution in [0.25, 0.3) is 22.4 Å². The molecule has 0 aliphatic heterocycles. The number of benzene rings is 1. The Bertz CT molecular complexity index is 970. The van der Waals surface area contributed by atoms with Crippen molar-refractivity contribution < 1.29 is 13.5 Å². The van der Waals surface area contributed by atoms with Gasteiger partial charge in [0.2, 0.25) is 0 Å². The van der Waals surface area contributed by atoms with Gasteiger partial charge in [0.15, 0.2) is 5.65 Å². The van der Waals surface area contributed by atoms with Gasteiger partial charge < -0.3 is 9.30 Å². The summed E-state index contributed by atoms with van der Waals surface area (Å²) in [6.45, 7) is -0.824.